The van der Waals surface area contributed by atoms with Gasteiger partial charge in [0.1, 0.15) is 18.1 Å². The van der Waals surface area contributed by atoms with Crippen molar-refractivity contribution in [3.63, 3.8) is 0 Å². The molecule has 0 aromatic carbocycles. The average Bonchev–Trinajstić information content (AvgIpc) is 2.75. The zero-order valence-corrected chi connectivity index (χ0v) is 19.9. The first-order valence-electron chi connectivity index (χ1n) is 11.1. The van der Waals surface area contributed by atoms with Crippen LogP contribution in [-0.4, -0.2) is 88.3 Å². The molecule has 15 heteroatoms. The van der Waals surface area contributed by atoms with Crippen molar-refractivity contribution in [2.45, 2.75) is 70.1 Å². The quantitative estimate of drug-likeness (QED) is 0.0541. The molecule has 0 aromatic heterocycles. The highest BCUT2D eigenvalue weighted by Gasteiger charge is 2.30. The van der Waals surface area contributed by atoms with E-state index in [4.69, 9.17) is 32.5 Å². The SMILES string of the molecule is CC(C)CC(N)C(=O)NC(CCCN=C(N)N)C(=O)NC(CCC(=O)O)C(=O)NC(CO)C(=O)O. The van der Waals surface area contributed by atoms with E-state index < -0.39 is 66.9 Å². The lowest BCUT2D eigenvalue weighted by Gasteiger charge is -2.25. The van der Waals surface area contributed by atoms with Crippen LogP contribution in [0.4, 0.5) is 0 Å². The molecule has 0 fully saturated rings. The largest absolute Gasteiger partial charge is 0.481 e. The third kappa shape index (κ3) is 13.7. The van der Waals surface area contributed by atoms with Crippen molar-refractivity contribution in [2.75, 3.05) is 13.2 Å². The van der Waals surface area contributed by atoms with E-state index in [0.717, 1.165) is 0 Å². The number of aliphatic imine (C=N–C) groups is 1. The fourth-order valence-electron chi connectivity index (χ4n) is 2.93. The highest BCUT2D eigenvalue weighted by molar-refractivity contribution is 5.94. The van der Waals surface area contributed by atoms with Gasteiger partial charge in [-0.2, -0.15) is 0 Å². The van der Waals surface area contributed by atoms with Crippen molar-refractivity contribution in [3.05, 3.63) is 0 Å². The Balaban J connectivity index is 5.59. The molecule has 0 spiro atoms. The highest BCUT2D eigenvalue weighted by atomic mass is 16.4. The summed E-state index contributed by atoms with van der Waals surface area (Å²) in [4.78, 5) is 63.9. The number of aliphatic hydroxyl groups is 1. The van der Waals surface area contributed by atoms with E-state index in [1.807, 2.05) is 19.2 Å². The zero-order valence-electron chi connectivity index (χ0n) is 19.9. The van der Waals surface area contributed by atoms with Crippen LogP contribution in [0, 0.1) is 5.92 Å². The summed E-state index contributed by atoms with van der Waals surface area (Å²) >= 11 is 0. The van der Waals surface area contributed by atoms with E-state index in [0.29, 0.717) is 6.42 Å². The van der Waals surface area contributed by atoms with Gasteiger partial charge in [-0.25, -0.2) is 4.79 Å². The van der Waals surface area contributed by atoms with Crippen LogP contribution >= 0.6 is 0 Å². The Morgan fingerprint density at radius 3 is 1.83 bits per heavy atom. The Labute approximate surface area is 202 Å². The Morgan fingerprint density at radius 1 is 0.857 bits per heavy atom. The molecule has 0 bridgehead atoms. The van der Waals surface area contributed by atoms with Gasteiger partial charge in [0.05, 0.1) is 12.6 Å². The number of rotatable bonds is 17. The molecule has 0 radical (unpaired) electrons. The number of aliphatic carboxylic acids is 2. The minimum atomic E-state index is -1.66. The van der Waals surface area contributed by atoms with Crippen LogP contribution < -0.4 is 33.2 Å². The van der Waals surface area contributed by atoms with E-state index >= 15 is 0 Å². The summed E-state index contributed by atoms with van der Waals surface area (Å²) in [6.45, 7) is 2.97. The molecule has 200 valence electrons. The van der Waals surface area contributed by atoms with Gasteiger partial charge in [-0.3, -0.25) is 24.2 Å². The number of nitrogens with two attached hydrogens (primary N) is 3. The van der Waals surface area contributed by atoms with Crippen LogP contribution in [0.15, 0.2) is 4.99 Å². The van der Waals surface area contributed by atoms with E-state index in [1.54, 1.807) is 0 Å². The standard InChI is InChI=1S/C20H37N7O8/c1-10(2)8-11(21)16(31)25-12(4-3-7-24-20(22)23)17(32)26-13(5-6-15(29)30)18(33)27-14(9-28)19(34)35/h10-14,28H,3-9,21H2,1-2H3,(H,25,31)(H,26,32)(H,27,33)(H,29,30)(H,34,35)(H4,22,23,24). The van der Waals surface area contributed by atoms with Crippen LogP contribution in [0.25, 0.3) is 0 Å². The van der Waals surface area contributed by atoms with Gasteiger partial charge in [0.25, 0.3) is 0 Å². The van der Waals surface area contributed by atoms with Gasteiger partial charge in [0, 0.05) is 13.0 Å². The molecule has 0 heterocycles. The topological polar surface area (TPSA) is 273 Å². The second-order valence-corrected chi connectivity index (χ2v) is 8.32. The number of hydrogen-bond donors (Lipinski definition) is 9. The van der Waals surface area contributed by atoms with E-state index in [2.05, 4.69) is 15.6 Å². The number of carbonyl (C=O) groups excluding carboxylic acids is 3. The molecule has 12 N–H and O–H groups in total. The molecule has 0 aliphatic heterocycles. The molecule has 0 saturated heterocycles. The summed E-state index contributed by atoms with van der Waals surface area (Å²) < 4.78 is 0. The normalized spacial score (nSPS) is 14.2. The summed E-state index contributed by atoms with van der Waals surface area (Å²) in [6.07, 6.45) is -0.199. The van der Waals surface area contributed by atoms with Gasteiger partial charge < -0.3 is 48.5 Å². The molecular formula is C20H37N7O8. The summed E-state index contributed by atoms with van der Waals surface area (Å²) in [5.41, 5.74) is 16.4. The fraction of sp³-hybridized carbons (Fsp3) is 0.700. The molecular weight excluding hydrogens is 466 g/mol. The number of carboxylic acid groups (broad SMARTS) is 2. The Bertz CT molecular complexity index is 771. The summed E-state index contributed by atoms with van der Waals surface area (Å²) in [5, 5.41) is 34.0. The van der Waals surface area contributed by atoms with Crippen LogP contribution in [-0.2, 0) is 24.0 Å². The van der Waals surface area contributed by atoms with E-state index in [-0.39, 0.29) is 37.7 Å². The Hall–Kier alpha value is -3.46. The lowest BCUT2D eigenvalue weighted by molar-refractivity contribution is -0.144. The maximum absolute atomic E-state index is 13.0. The zero-order chi connectivity index (χ0) is 27.1. The first kappa shape index (κ1) is 31.5. The van der Waals surface area contributed by atoms with Crippen molar-refractivity contribution in [3.8, 4) is 0 Å². The van der Waals surface area contributed by atoms with Crippen molar-refractivity contribution in [1.29, 1.82) is 0 Å². The van der Waals surface area contributed by atoms with Gasteiger partial charge in [0.15, 0.2) is 5.96 Å². The summed E-state index contributed by atoms with van der Waals surface area (Å²) in [5.74, 6) is -5.24. The van der Waals surface area contributed by atoms with Gasteiger partial charge in [-0.15, -0.1) is 0 Å². The van der Waals surface area contributed by atoms with Crippen molar-refractivity contribution in [2.24, 2.45) is 28.1 Å². The van der Waals surface area contributed by atoms with Crippen molar-refractivity contribution in [1.82, 2.24) is 16.0 Å². The summed E-state index contributed by atoms with van der Waals surface area (Å²) in [7, 11) is 0. The van der Waals surface area contributed by atoms with Crippen LogP contribution in [0.2, 0.25) is 0 Å². The average molecular weight is 504 g/mol. The monoisotopic (exact) mass is 503 g/mol. The maximum Gasteiger partial charge on any atom is 0.328 e. The van der Waals surface area contributed by atoms with Crippen LogP contribution in [0.3, 0.4) is 0 Å². The first-order valence-corrected chi connectivity index (χ1v) is 11.1. The van der Waals surface area contributed by atoms with Gasteiger partial charge in [-0.1, -0.05) is 13.8 Å². The predicted octanol–water partition coefficient (Wildman–Crippen LogP) is -3.19. The number of carboxylic acids is 2. The molecule has 0 rings (SSSR count). The Kier molecular flexibility index (Phi) is 14.6. The Morgan fingerprint density at radius 2 is 1.37 bits per heavy atom. The van der Waals surface area contributed by atoms with Gasteiger partial charge in [0.2, 0.25) is 17.7 Å². The number of nitrogens with zero attached hydrogens (tertiary/aromatic N) is 1. The number of guanidine groups is 1. The van der Waals surface area contributed by atoms with Crippen molar-refractivity contribution < 1.29 is 39.3 Å². The second-order valence-electron chi connectivity index (χ2n) is 8.32. The first-order chi connectivity index (χ1) is 16.3. The number of carbonyl (C=O) groups is 5. The molecule has 0 aliphatic carbocycles. The molecule has 4 unspecified atom stereocenters. The third-order valence-corrected chi connectivity index (χ3v) is 4.72. The maximum atomic E-state index is 13.0. The minimum Gasteiger partial charge on any atom is -0.481 e. The molecule has 35 heavy (non-hydrogen) atoms. The van der Waals surface area contributed by atoms with Gasteiger partial charge >= 0.3 is 11.9 Å². The number of aliphatic hydroxyl groups excluding tert-OH is 1. The second kappa shape index (κ2) is 16.2. The molecule has 0 aromatic rings. The van der Waals surface area contributed by atoms with Gasteiger partial charge in [-0.05, 0) is 31.6 Å². The lowest BCUT2D eigenvalue weighted by Crippen LogP contribution is -2.57. The van der Waals surface area contributed by atoms with Crippen LogP contribution in [0.1, 0.15) is 46.0 Å². The van der Waals surface area contributed by atoms with Crippen molar-refractivity contribution >= 4 is 35.6 Å². The molecule has 3 amide bonds. The summed E-state index contributed by atoms with van der Waals surface area (Å²) in [6, 6.07) is -5.16. The number of amides is 3. The van der Waals surface area contributed by atoms with E-state index in [9.17, 15) is 24.0 Å². The van der Waals surface area contributed by atoms with E-state index in [1.165, 1.54) is 0 Å². The number of hydrogen-bond acceptors (Lipinski definition) is 8. The number of nitrogens with one attached hydrogen (secondary N) is 3. The molecule has 15 nitrogen and oxygen atoms in total. The third-order valence-electron chi connectivity index (χ3n) is 4.72. The highest BCUT2D eigenvalue weighted by Crippen LogP contribution is 2.07. The smallest absolute Gasteiger partial charge is 0.328 e. The fourth-order valence-corrected chi connectivity index (χ4v) is 2.93. The molecule has 0 saturated carbocycles. The van der Waals surface area contributed by atoms with Crippen LogP contribution in [0.5, 0.6) is 0 Å². The molecule has 4 atom stereocenters. The predicted molar refractivity (Wildman–Crippen MR) is 125 cm³/mol. The lowest BCUT2D eigenvalue weighted by atomic mass is 10.0. The molecule has 0 aliphatic rings. The minimum absolute atomic E-state index is 0.0599.